The van der Waals surface area contributed by atoms with Crippen LogP contribution in [0.4, 0.5) is 0 Å². The third kappa shape index (κ3) is 5.74. The van der Waals surface area contributed by atoms with Gasteiger partial charge in [-0.2, -0.15) is 0 Å². The summed E-state index contributed by atoms with van der Waals surface area (Å²) in [4.78, 5) is 11.3. The fourth-order valence-corrected chi connectivity index (χ4v) is 1.24. The smallest absolute Gasteiger partial charge is 0.306 e. The first kappa shape index (κ1) is 12.5. The van der Waals surface area contributed by atoms with Crippen LogP contribution in [0.5, 0.6) is 0 Å². The molecule has 4 nitrogen and oxygen atoms in total. The average molecular weight is 215 g/mol. The van der Waals surface area contributed by atoms with Crippen molar-refractivity contribution in [1.29, 1.82) is 0 Å². The van der Waals surface area contributed by atoms with E-state index in [9.17, 15) is 4.79 Å². The van der Waals surface area contributed by atoms with Gasteiger partial charge in [-0.25, -0.2) is 0 Å². The predicted octanol–water partition coefficient (Wildman–Crippen LogP) is 1.10. The fraction of sp³-hybridized carbons (Fsp3) is 0.909. The summed E-state index contributed by atoms with van der Waals surface area (Å²) < 4.78 is 10.7. The Balaban J connectivity index is 1.96. The van der Waals surface area contributed by atoms with E-state index >= 15 is 0 Å². The number of carbonyl (C=O) groups is 1. The van der Waals surface area contributed by atoms with Crippen LogP contribution in [0.15, 0.2) is 0 Å². The van der Waals surface area contributed by atoms with Crippen molar-refractivity contribution in [2.45, 2.75) is 45.3 Å². The van der Waals surface area contributed by atoms with E-state index in [1.165, 1.54) is 0 Å². The number of hydrogen-bond donors (Lipinski definition) is 1. The first-order chi connectivity index (χ1) is 6.97. The molecule has 1 rings (SSSR count). The van der Waals surface area contributed by atoms with Gasteiger partial charge in [0.15, 0.2) is 0 Å². The van der Waals surface area contributed by atoms with Crippen molar-refractivity contribution in [3.8, 4) is 0 Å². The standard InChI is InChI=1S/C11H21NO3/c1-11(2,3)15-10(13)5-4-6-14-9-7-12-8-9/h9,12H,4-8H2,1-3H3. The van der Waals surface area contributed by atoms with Gasteiger partial charge in [-0.15, -0.1) is 0 Å². The van der Waals surface area contributed by atoms with Crippen LogP contribution in [-0.4, -0.2) is 37.4 Å². The summed E-state index contributed by atoms with van der Waals surface area (Å²) in [6, 6.07) is 0. The van der Waals surface area contributed by atoms with Crippen LogP contribution < -0.4 is 5.32 Å². The molecule has 0 saturated carbocycles. The van der Waals surface area contributed by atoms with Crippen LogP contribution in [0, 0.1) is 0 Å². The molecule has 88 valence electrons. The first-order valence-electron chi connectivity index (χ1n) is 5.51. The fourth-order valence-electron chi connectivity index (χ4n) is 1.24. The Morgan fingerprint density at radius 3 is 2.53 bits per heavy atom. The van der Waals surface area contributed by atoms with Gasteiger partial charge in [0, 0.05) is 26.1 Å². The Hall–Kier alpha value is -0.610. The lowest BCUT2D eigenvalue weighted by Gasteiger charge is -2.27. The highest BCUT2D eigenvalue weighted by Crippen LogP contribution is 2.09. The minimum atomic E-state index is -0.379. The molecule has 0 aromatic carbocycles. The van der Waals surface area contributed by atoms with Gasteiger partial charge < -0.3 is 14.8 Å². The van der Waals surface area contributed by atoms with Gasteiger partial charge in [0.05, 0.1) is 6.10 Å². The number of nitrogens with one attached hydrogen (secondary N) is 1. The van der Waals surface area contributed by atoms with Crippen LogP contribution in [0.3, 0.4) is 0 Å². The maximum atomic E-state index is 11.3. The summed E-state index contributed by atoms with van der Waals surface area (Å²) in [5.74, 6) is -0.141. The van der Waals surface area contributed by atoms with Crippen LogP contribution in [0.1, 0.15) is 33.6 Å². The van der Waals surface area contributed by atoms with Crippen molar-refractivity contribution >= 4 is 5.97 Å². The molecule has 0 bridgehead atoms. The minimum Gasteiger partial charge on any atom is -0.460 e. The van der Waals surface area contributed by atoms with E-state index in [0.29, 0.717) is 19.1 Å². The molecule has 1 aliphatic heterocycles. The molecular formula is C11H21NO3. The molecule has 0 radical (unpaired) electrons. The van der Waals surface area contributed by atoms with E-state index < -0.39 is 0 Å². The summed E-state index contributed by atoms with van der Waals surface area (Å²) in [6.07, 6.45) is 1.53. The zero-order chi connectivity index (χ0) is 11.3. The van der Waals surface area contributed by atoms with Gasteiger partial charge in [0.1, 0.15) is 5.60 Å². The second-order valence-electron chi connectivity index (χ2n) is 4.84. The Bertz CT molecular complexity index is 206. The number of ether oxygens (including phenoxy) is 2. The molecule has 4 heteroatoms. The van der Waals surface area contributed by atoms with Crippen LogP contribution in [0.2, 0.25) is 0 Å². The molecule has 1 fully saturated rings. The molecule has 1 heterocycles. The topological polar surface area (TPSA) is 47.6 Å². The molecule has 0 unspecified atom stereocenters. The summed E-state index contributed by atoms with van der Waals surface area (Å²) in [6.45, 7) is 8.15. The summed E-state index contributed by atoms with van der Waals surface area (Å²) >= 11 is 0. The SMILES string of the molecule is CC(C)(C)OC(=O)CCCOC1CNC1. The van der Waals surface area contributed by atoms with Crippen LogP contribution >= 0.6 is 0 Å². The monoisotopic (exact) mass is 215 g/mol. The number of esters is 1. The maximum Gasteiger partial charge on any atom is 0.306 e. The lowest BCUT2D eigenvalue weighted by molar-refractivity contribution is -0.155. The average Bonchev–Trinajstić information content (AvgIpc) is 1.96. The number of hydrogen-bond acceptors (Lipinski definition) is 4. The van der Waals surface area contributed by atoms with E-state index in [1.807, 2.05) is 20.8 Å². The highest BCUT2D eigenvalue weighted by atomic mass is 16.6. The molecule has 0 aliphatic carbocycles. The summed E-state index contributed by atoms with van der Waals surface area (Å²) in [5, 5.41) is 3.13. The van der Waals surface area contributed by atoms with E-state index in [-0.39, 0.29) is 11.6 Å². The zero-order valence-corrected chi connectivity index (χ0v) is 9.84. The molecule has 1 N–H and O–H groups in total. The highest BCUT2D eigenvalue weighted by Gasteiger charge is 2.18. The third-order valence-corrected chi connectivity index (χ3v) is 2.04. The first-order valence-corrected chi connectivity index (χ1v) is 5.51. The molecule has 1 aliphatic rings. The Labute approximate surface area is 91.3 Å². The Kier molecular flexibility index (Phi) is 4.54. The summed E-state index contributed by atoms with van der Waals surface area (Å²) in [5.41, 5.74) is -0.379. The van der Waals surface area contributed by atoms with Crippen molar-refractivity contribution in [3.05, 3.63) is 0 Å². The van der Waals surface area contributed by atoms with Gasteiger partial charge in [-0.3, -0.25) is 4.79 Å². The van der Waals surface area contributed by atoms with E-state index in [1.54, 1.807) is 0 Å². The van der Waals surface area contributed by atoms with Gasteiger partial charge in [-0.05, 0) is 27.2 Å². The van der Waals surface area contributed by atoms with Gasteiger partial charge in [-0.1, -0.05) is 0 Å². The van der Waals surface area contributed by atoms with E-state index in [4.69, 9.17) is 9.47 Å². The van der Waals surface area contributed by atoms with Gasteiger partial charge in [0.25, 0.3) is 0 Å². The van der Waals surface area contributed by atoms with Crippen molar-refractivity contribution in [2.24, 2.45) is 0 Å². The molecule has 0 amide bonds. The number of carbonyl (C=O) groups excluding carboxylic acids is 1. The molecular weight excluding hydrogens is 194 g/mol. The third-order valence-electron chi connectivity index (χ3n) is 2.04. The Morgan fingerprint density at radius 1 is 1.40 bits per heavy atom. The highest BCUT2D eigenvalue weighted by molar-refractivity contribution is 5.69. The lowest BCUT2D eigenvalue weighted by atomic mass is 10.2. The molecule has 0 spiro atoms. The van der Waals surface area contributed by atoms with Crippen molar-refractivity contribution in [3.63, 3.8) is 0 Å². The Morgan fingerprint density at radius 2 is 2.07 bits per heavy atom. The normalized spacial score (nSPS) is 17.3. The van der Waals surface area contributed by atoms with Crippen molar-refractivity contribution in [2.75, 3.05) is 19.7 Å². The molecule has 1 saturated heterocycles. The second kappa shape index (κ2) is 5.47. The minimum absolute atomic E-state index is 0.141. The van der Waals surface area contributed by atoms with Crippen LogP contribution in [0.25, 0.3) is 0 Å². The lowest BCUT2D eigenvalue weighted by Crippen LogP contribution is -2.48. The quantitative estimate of drug-likeness (QED) is 0.551. The molecule has 0 atom stereocenters. The summed E-state index contributed by atoms with van der Waals surface area (Å²) in [7, 11) is 0. The van der Waals surface area contributed by atoms with E-state index in [0.717, 1.165) is 19.5 Å². The van der Waals surface area contributed by atoms with E-state index in [2.05, 4.69) is 5.32 Å². The number of rotatable bonds is 5. The molecule has 0 aromatic rings. The molecule has 0 aromatic heterocycles. The predicted molar refractivity (Wildman–Crippen MR) is 57.7 cm³/mol. The van der Waals surface area contributed by atoms with Crippen molar-refractivity contribution in [1.82, 2.24) is 5.32 Å². The molecule has 15 heavy (non-hydrogen) atoms. The van der Waals surface area contributed by atoms with Crippen LogP contribution in [-0.2, 0) is 14.3 Å². The maximum absolute atomic E-state index is 11.3. The van der Waals surface area contributed by atoms with Crippen molar-refractivity contribution < 1.29 is 14.3 Å². The largest absolute Gasteiger partial charge is 0.460 e. The van der Waals surface area contributed by atoms with Gasteiger partial charge >= 0.3 is 5.97 Å². The van der Waals surface area contributed by atoms with Gasteiger partial charge in [0.2, 0.25) is 0 Å². The zero-order valence-electron chi connectivity index (χ0n) is 9.84. The second-order valence-corrected chi connectivity index (χ2v) is 4.84.